The molecule has 2 aromatic heterocycles. The van der Waals surface area contributed by atoms with Crippen molar-refractivity contribution in [2.75, 3.05) is 0 Å². The molecule has 10 nitrogen and oxygen atoms in total. The van der Waals surface area contributed by atoms with Crippen LogP contribution in [-0.2, 0) is 20.8 Å². The standard InChI is InChI=1S/C26H22N4O6/c1-17-3-7-19(8-4-17)25(33,23(31)35-21-15-27-11-13-29-21)26(34,20-9-5-18(2)6-10-20)24(32)36-22-16-28-12-14-30-22/h3-16,33-34H,1-2H3. The molecule has 0 radical (unpaired) electrons. The lowest BCUT2D eigenvalue weighted by Crippen LogP contribution is -2.61. The van der Waals surface area contributed by atoms with Crippen molar-refractivity contribution in [3.8, 4) is 11.8 Å². The Bertz CT molecular complexity index is 1240. The molecule has 2 atom stereocenters. The van der Waals surface area contributed by atoms with Crippen molar-refractivity contribution in [1.29, 1.82) is 0 Å². The topological polar surface area (TPSA) is 145 Å². The van der Waals surface area contributed by atoms with Crippen LogP contribution in [0, 0.1) is 13.8 Å². The summed E-state index contributed by atoms with van der Waals surface area (Å²) in [5.74, 6) is -3.26. The zero-order chi connectivity index (χ0) is 25.8. The van der Waals surface area contributed by atoms with Crippen molar-refractivity contribution in [3.63, 3.8) is 0 Å². The van der Waals surface area contributed by atoms with Crippen LogP contribution in [0.1, 0.15) is 22.3 Å². The molecule has 4 rings (SSSR count). The Morgan fingerprint density at radius 2 is 1.00 bits per heavy atom. The van der Waals surface area contributed by atoms with Crippen molar-refractivity contribution >= 4 is 11.9 Å². The normalized spacial score (nSPS) is 14.2. The first-order valence-corrected chi connectivity index (χ1v) is 10.8. The van der Waals surface area contributed by atoms with Crippen LogP contribution < -0.4 is 9.47 Å². The van der Waals surface area contributed by atoms with E-state index < -0.39 is 23.1 Å². The lowest BCUT2D eigenvalue weighted by Gasteiger charge is -2.39. The highest BCUT2D eigenvalue weighted by molar-refractivity contribution is 5.95. The molecule has 0 bridgehead atoms. The second-order valence-corrected chi connectivity index (χ2v) is 8.02. The van der Waals surface area contributed by atoms with Gasteiger partial charge in [-0.3, -0.25) is 9.97 Å². The Kier molecular flexibility index (Phi) is 6.82. The molecule has 2 aromatic carbocycles. The molecule has 10 heteroatoms. The summed E-state index contributed by atoms with van der Waals surface area (Å²) in [6.45, 7) is 3.60. The van der Waals surface area contributed by atoms with E-state index in [0.29, 0.717) is 0 Å². The number of carbonyl (C=O) groups excluding carboxylic acids is 2. The fourth-order valence-electron chi connectivity index (χ4n) is 3.55. The third-order valence-corrected chi connectivity index (χ3v) is 5.53. The minimum absolute atomic E-state index is 0.124. The molecular weight excluding hydrogens is 464 g/mol. The number of aryl methyl sites for hydroxylation is 2. The van der Waals surface area contributed by atoms with Crippen LogP contribution in [0.3, 0.4) is 0 Å². The maximum absolute atomic E-state index is 13.6. The maximum atomic E-state index is 13.6. The van der Waals surface area contributed by atoms with Crippen LogP contribution in [-0.4, -0.2) is 42.1 Å². The molecular formula is C26H22N4O6. The summed E-state index contributed by atoms with van der Waals surface area (Å²) in [6, 6.07) is 12.1. The largest absolute Gasteiger partial charge is 0.403 e. The molecule has 0 fully saturated rings. The van der Waals surface area contributed by atoms with Gasteiger partial charge in [0.1, 0.15) is 0 Å². The highest BCUT2D eigenvalue weighted by atomic mass is 16.6. The molecule has 0 aliphatic heterocycles. The number of benzene rings is 2. The smallest absolute Gasteiger partial charge is 0.353 e. The average molecular weight is 486 g/mol. The van der Waals surface area contributed by atoms with Gasteiger partial charge in [-0.2, -0.15) is 0 Å². The highest BCUT2D eigenvalue weighted by Gasteiger charge is 2.64. The van der Waals surface area contributed by atoms with Crippen LogP contribution in [0.25, 0.3) is 0 Å². The summed E-state index contributed by atoms with van der Waals surface area (Å²) in [5.41, 5.74) is -4.62. The van der Waals surface area contributed by atoms with Crippen LogP contribution >= 0.6 is 0 Å². The summed E-state index contributed by atoms with van der Waals surface area (Å²) >= 11 is 0. The molecule has 0 aliphatic rings. The molecule has 2 N–H and O–H groups in total. The third kappa shape index (κ3) is 4.54. The van der Waals surface area contributed by atoms with E-state index in [4.69, 9.17) is 9.47 Å². The van der Waals surface area contributed by atoms with Gasteiger partial charge < -0.3 is 19.7 Å². The van der Waals surface area contributed by atoms with E-state index in [1.807, 2.05) is 0 Å². The molecule has 2 unspecified atom stereocenters. The van der Waals surface area contributed by atoms with Crippen LogP contribution in [0.2, 0.25) is 0 Å². The number of aromatic nitrogens is 4. The highest BCUT2D eigenvalue weighted by Crippen LogP contribution is 2.43. The monoisotopic (exact) mass is 486 g/mol. The number of esters is 2. The van der Waals surface area contributed by atoms with Gasteiger partial charge >= 0.3 is 11.9 Å². The van der Waals surface area contributed by atoms with E-state index in [2.05, 4.69) is 19.9 Å². The second-order valence-electron chi connectivity index (χ2n) is 8.02. The molecule has 2 heterocycles. The minimum atomic E-state index is -2.99. The Hall–Kier alpha value is -4.54. The van der Waals surface area contributed by atoms with Crippen molar-refractivity contribution in [2.24, 2.45) is 0 Å². The minimum Gasteiger partial charge on any atom is -0.403 e. The number of hydrogen-bond donors (Lipinski definition) is 2. The summed E-state index contributed by atoms with van der Waals surface area (Å²) < 4.78 is 10.6. The summed E-state index contributed by atoms with van der Waals surface area (Å²) in [7, 11) is 0. The first-order chi connectivity index (χ1) is 17.2. The molecule has 0 saturated carbocycles. The summed E-state index contributed by atoms with van der Waals surface area (Å²) in [5, 5.41) is 24.2. The second kappa shape index (κ2) is 9.98. The van der Waals surface area contributed by atoms with E-state index in [1.54, 1.807) is 38.1 Å². The number of hydrogen-bond acceptors (Lipinski definition) is 10. The molecule has 0 saturated heterocycles. The summed E-state index contributed by atoms with van der Waals surface area (Å²) in [6.07, 6.45) is 7.59. The average Bonchev–Trinajstić information content (AvgIpc) is 2.89. The first kappa shape index (κ1) is 24.6. The fourth-order valence-corrected chi connectivity index (χ4v) is 3.55. The van der Waals surface area contributed by atoms with Crippen molar-refractivity contribution in [3.05, 3.63) is 108 Å². The number of nitrogens with zero attached hydrogens (tertiary/aromatic N) is 4. The number of rotatable bonds is 7. The van der Waals surface area contributed by atoms with Crippen LogP contribution in [0.15, 0.2) is 85.7 Å². The van der Waals surface area contributed by atoms with Gasteiger partial charge in [-0.05, 0) is 25.0 Å². The maximum Gasteiger partial charge on any atom is 0.353 e. The molecule has 4 aromatic rings. The fraction of sp³-hybridized carbons (Fsp3) is 0.154. The molecule has 182 valence electrons. The van der Waals surface area contributed by atoms with Gasteiger partial charge in [0.25, 0.3) is 0 Å². The quantitative estimate of drug-likeness (QED) is 0.373. The van der Waals surface area contributed by atoms with Crippen LogP contribution in [0.4, 0.5) is 0 Å². The lowest BCUT2D eigenvalue weighted by atomic mass is 9.72. The predicted octanol–water partition coefficient (Wildman–Crippen LogP) is 2.17. The Morgan fingerprint density at radius 1 is 0.639 bits per heavy atom. The predicted molar refractivity (Wildman–Crippen MR) is 125 cm³/mol. The van der Waals surface area contributed by atoms with E-state index in [-0.39, 0.29) is 22.9 Å². The third-order valence-electron chi connectivity index (χ3n) is 5.53. The first-order valence-electron chi connectivity index (χ1n) is 10.8. The van der Waals surface area contributed by atoms with Gasteiger partial charge in [0.05, 0.1) is 12.4 Å². The van der Waals surface area contributed by atoms with Gasteiger partial charge in [-0.15, -0.1) is 0 Å². The molecule has 0 amide bonds. The van der Waals surface area contributed by atoms with Gasteiger partial charge in [0.15, 0.2) is 0 Å². The molecule has 0 aliphatic carbocycles. The van der Waals surface area contributed by atoms with Gasteiger partial charge in [0, 0.05) is 24.8 Å². The van der Waals surface area contributed by atoms with Crippen molar-refractivity contribution in [2.45, 2.75) is 25.0 Å². The van der Waals surface area contributed by atoms with E-state index in [9.17, 15) is 19.8 Å². The summed E-state index contributed by atoms with van der Waals surface area (Å²) in [4.78, 5) is 42.7. The lowest BCUT2D eigenvalue weighted by molar-refractivity contribution is -0.210. The molecule has 36 heavy (non-hydrogen) atoms. The van der Waals surface area contributed by atoms with E-state index in [0.717, 1.165) is 23.5 Å². The Balaban J connectivity index is 1.92. The zero-order valence-corrected chi connectivity index (χ0v) is 19.4. The Morgan fingerprint density at radius 3 is 1.31 bits per heavy atom. The van der Waals surface area contributed by atoms with Crippen molar-refractivity contribution in [1.82, 2.24) is 19.9 Å². The van der Waals surface area contributed by atoms with Crippen molar-refractivity contribution < 1.29 is 29.3 Å². The Labute approximate surface area is 206 Å². The van der Waals surface area contributed by atoms with Gasteiger partial charge in [-0.1, -0.05) is 59.7 Å². The van der Waals surface area contributed by atoms with E-state index >= 15 is 0 Å². The van der Waals surface area contributed by atoms with Gasteiger partial charge in [-0.25, -0.2) is 19.6 Å². The van der Waals surface area contributed by atoms with Gasteiger partial charge in [0.2, 0.25) is 23.0 Å². The van der Waals surface area contributed by atoms with Crippen LogP contribution in [0.5, 0.6) is 11.8 Å². The number of carbonyl (C=O) groups is 2. The number of ether oxygens (including phenoxy) is 2. The number of aliphatic hydroxyl groups is 2. The van der Waals surface area contributed by atoms with E-state index in [1.165, 1.54) is 49.1 Å². The molecule has 0 spiro atoms. The SMILES string of the molecule is Cc1ccc(C(O)(C(=O)Oc2cnccn2)C(O)(C(=O)Oc2cnccn2)c2ccc(C)cc2)cc1. The zero-order valence-electron chi connectivity index (χ0n) is 19.4.